The smallest absolute Gasteiger partial charge is 0.317 e. The number of nitrogens with zero attached hydrogens (tertiary/aromatic N) is 1. The van der Waals surface area contributed by atoms with Crippen molar-refractivity contribution in [2.24, 2.45) is 0 Å². The van der Waals surface area contributed by atoms with Gasteiger partial charge in [-0.2, -0.15) is 0 Å². The predicted octanol–water partition coefficient (Wildman–Crippen LogP) is 1.53. The molecule has 0 aliphatic carbocycles. The normalized spacial score (nSPS) is 16.3. The van der Waals surface area contributed by atoms with E-state index in [4.69, 9.17) is 4.74 Å². The van der Waals surface area contributed by atoms with Crippen LogP contribution in [0.1, 0.15) is 25.0 Å². The number of aliphatic hydroxyl groups excluding tert-OH is 1. The van der Waals surface area contributed by atoms with Crippen molar-refractivity contribution in [2.45, 2.75) is 19.4 Å². The van der Waals surface area contributed by atoms with E-state index in [2.05, 4.69) is 5.32 Å². The summed E-state index contributed by atoms with van der Waals surface area (Å²) in [6, 6.07) is 7.40. The number of aliphatic hydroxyl groups is 1. The molecule has 104 valence electrons. The highest BCUT2D eigenvalue weighted by Gasteiger charge is 2.18. The minimum atomic E-state index is -0.414. The number of carbonyl (C=O) groups excluding carboxylic acids is 1. The third-order valence-corrected chi connectivity index (χ3v) is 3.23. The molecule has 5 nitrogen and oxygen atoms in total. The number of amides is 2. The molecule has 5 heteroatoms. The third kappa shape index (κ3) is 3.61. The largest absolute Gasteiger partial charge is 0.492 e. The van der Waals surface area contributed by atoms with Gasteiger partial charge in [0.25, 0.3) is 0 Å². The van der Waals surface area contributed by atoms with Gasteiger partial charge in [0.1, 0.15) is 12.4 Å². The fraction of sp³-hybridized carbons (Fsp3) is 0.500. The van der Waals surface area contributed by atoms with E-state index < -0.39 is 6.10 Å². The summed E-state index contributed by atoms with van der Waals surface area (Å²) >= 11 is 0. The van der Waals surface area contributed by atoms with E-state index in [9.17, 15) is 9.90 Å². The molecule has 19 heavy (non-hydrogen) atoms. The number of hydrogen-bond acceptors (Lipinski definition) is 3. The van der Waals surface area contributed by atoms with Crippen LogP contribution in [0.2, 0.25) is 0 Å². The molecule has 2 N–H and O–H groups in total. The van der Waals surface area contributed by atoms with Crippen molar-refractivity contribution < 1.29 is 14.6 Å². The van der Waals surface area contributed by atoms with Crippen LogP contribution in [0.4, 0.5) is 4.79 Å². The Kier molecular flexibility index (Phi) is 4.63. The van der Waals surface area contributed by atoms with Crippen molar-refractivity contribution in [3.8, 4) is 5.75 Å². The van der Waals surface area contributed by atoms with E-state index in [1.807, 2.05) is 31.2 Å². The van der Waals surface area contributed by atoms with Crippen LogP contribution >= 0.6 is 0 Å². The fourth-order valence-corrected chi connectivity index (χ4v) is 2.02. The molecule has 1 fully saturated rings. The van der Waals surface area contributed by atoms with Crippen molar-refractivity contribution in [1.82, 2.24) is 10.2 Å². The van der Waals surface area contributed by atoms with Gasteiger partial charge in [0.2, 0.25) is 0 Å². The first-order chi connectivity index (χ1) is 9.20. The molecular weight excluding hydrogens is 244 g/mol. The molecule has 0 saturated carbocycles. The Morgan fingerprint density at radius 2 is 2.16 bits per heavy atom. The van der Waals surface area contributed by atoms with Gasteiger partial charge in [0.15, 0.2) is 0 Å². The molecule has 0 radical (unpaired) electrons. The second-order valence-electron chi connectivity index (χ2n) is 4.56. The Morgan fingerprint density at radius 1 is 1.42 bits per heavy atom. The standard InChI is InChI=1S/C14H20N2O3/c1-2-13(17)11-3-5-12(6-4-11)19-10-9-16-8-7-15-14(16)18/h3-6,13,17H,2,7-10H2,1H3,(H,15,18)/t13-/m1/s1. The molecule has 0 unspecified atom stereocenters. The van der Waals surface area contributed by atoms with E-state index in [1.165, 1.54) is 0 Å². The molecule has 1 saturated heterocycles. The fourth-order valence-electron chi connectivity index (χ4n) is 2.02. The number of ether oxygens (including phenoxy) is 1. The van der Waals surface area contributed by atoms with Gasteiger partial charge in [-0.1, -0.05) is 19.1 Å². The van der Waals surface area contributed by atoms with Crippen molar-refractivity contribution >= 4 is 6.03 Å². The molecule has 1 aliphatic heterocycles. The van der Waals surface area contributed by atoms with Crippen LogP contribution in [-0.4, -0.2) is 42.3 Å². The Balaban J connectivity index is 1.78. The van der Waals surface area contributed by atoms with Gasteiger partial charge >= 0.3 is 6.03 Å². The Labute approximate surface area is 113 Å². The van der Waals surface area contributed by atoms with Crippen LogP contribution in [0.5, 0.6) is 5.75 Å². The van der Waals surface area contributed by atoms with Gasteiger partial charge in [-0.3, -0.25) is 0 Å². The van der Waals surface area contributed by atoms with Gasteiger partial charge < -0.3 is 20.1 Å². The quantitative estimate of drug-likeness (QED) is 0.819. The molecule has 1 aromatic carbocycles. The molecule has 1 aromatic rings. The van der Waals surface area contributed by atoms with Gasteiger partial charge in [-0.05, 0) is 24.1 Å². The molecule has 0 spiro atoms. The SMILES string of the molecule is CC[C@@H](O)c1ccc(OCCN2CCNC2=O)cc1. The molecule has 0 bridgehead atoms. The average Bonchev–Trinajstić information content (AvgIpc) is 2.84. The number of hydrogen-bond donors (Lipinski definition) is 2. The lowest BCUT2D eigenvalue weighted by molar-refractivity contribution is 0.173. The molecule has 2 rings (SSSR count). The van der Waals surface area contributed by atoms with Crippen LogP contribution in [0, 0.1) is 0 Å². The summed E-state index contributed by atoms with van der Waals surface area (Å²) in [7, 11) is 0. The van der Waals surface area contributed by atoms with Crippen molar-refractivity contribution in [3.05, 3.63) is 29.8 Å². The summed E-state index contributed by atoms with van der Waals surface area (Å²) in [6.45, 7) is 4.46. The van der Waals surface area contributed by atoms with Gasteiger partial charge in [-0.15, -0.1) is 0 Å². The van der Waals surface area contributed by atoms with E-state index in [-0.39, 0.29) is 6.03 Å². The number of carbonyl (C=O) groups is 1. The summed E-state index contributed by atoms with van der Waals surface area (Å²) in [5, 5.41) is 12.4. The maximum Gasteiger partial charge on any atom is 0.317 e. The van der Waals surface area contributed by atoms with E-state index >= 15 is 0 Å². The third-order valence-electron chi connectivity index (χ3n) is 3.23. The maximum atomic E-state index is 11.3. The first-order valence-corrected chi connectivity index (χ1v) is 6.64. The van der Waals surface area contributed by atoms with E-state index in [0.717, 1.165) is 17.9 Å². The van der Waals surface area contributed by atoms with Crippen LogP contribution < -0.4 is 10.1 Å². The van der Waals surface area contributed by atoms with Gasteiger partial charge in [0.05, 0.1) is 12.6 Å². The lowest BCUT2D eigenvalue weighted by Gasteiger charge is -2.15. The highest BCUT2D eigenvalue weighted by atomic mass is 16.5. The first-order valence-electron chi connectivity index (χ1n) is 6.64. The van der Waals surface area contributed by atoms with Gasteiger partial charge in [0, 0.05) is 13.1 Å². The highest BCUT2D eigenvalue weighted by molar-refractivity contribution is 5.76. The summed E-state index contributed by atoms with van der Waals surface area (Å²) in [6.07, 6.45) is 0.284. The second kappa shape index (κ2) is 6.43. The van der Waals surface area contributed by atoms with Crippen LogP contribution in [-0.2, 0) is 0 Å². The first kappa shape index (κ1) is 13.7. The number of benzene rings is 1. The number of nitrogens with one attached hydrogen (secondary N) is 1. The monoisotopic (exact) mass is 264 g/mol. The maximum absolute atomic E-state index is 11.3. The Bertz CT molecular complexity index is 419. The lowest BCUT2D eigenvalue weighted by atomic mass is 10.1. The van der Waals surface area contributed by atoms with Crippen LogP contribution in [0.25, 0.3) is 0 Å². The molecule has 0 aromatic heterocycles. The second-order valence-corrected chi connectivity index (χ2v) is 4.56. The van der Waals surface area contributed by atoms with E-state index in [1.54, 1.807) is 4.90 Å². The summed E-state index contributed by atoms with van der Waals surface area (Å²) in [5.74, 6) is 0.756. The molecular formula is C14H20N2O3. The number of urea groups is 1. The minimum absolute atomic E-state index is 0.0231. The number of rotatable bonds is 6. The highest BCUT2D eigenvalue weighted by Crippen LogP contribution is 2.19. The van der Waals surface area contributed by atoms with Crippen molar-refractivity contribution in [2.75, 3.05) is 26.2 Å². The molecule has 1 aliphatic rings. The van der Waals surface area contributed by atoms with Crippen molar-refractivity contribution in [3.63, 3.8) is 0 Å². The van der Waals surface area contributed by atoms with Crippen LogP contribution in [0.3, 0.4) is 0 Å². The minimum Gasteiger partial charge on any atom is -0.492 e. The summed E-state index contributed by atoms with van der Waals surface area (Å²) < 4.78 is 5.58. The summed E-state index contributed by atoms with van der Waals surface area (Å²) in [5.41, 5.74) is 0.897. The predicted molar refractivity (Wildman–Crippen MR) is 72.2 cm³/mol. The molecule has 2 amide bonds. The average molecular weight is 264 g/mol. The van der Waals surface area contributed by atoms with Crippen LogP contribution in [0.15, 0.2) is 24.3 Å². The summed E-state index contributed by atoms with van der Waals surface area (Å²) in [4.78, 5) is 13.0. The van der Waals surface area contributed by atoms with Gasteiger partial charge in [-0.25, -0.2) is 4.79 Å². The van der Waals surface area contributed by atoms with Crippen molar-refractivity contribution in [1.29, 1.82) is 0 Å². The Hall–Kier alpha value is -1.75. The molecule has 1 atom stereocenters. The zero-order valence-corrected chi connectivity index (χ0v) is 11.1. The Morgan fingerprint density at radius 3 is 2.74 bits per heavy atom. The zero-order valence-electron chi connectivity index (χ0n) is 11.1. The van der Waals surface area contributed by atoms with E-state index in [0.29, 0.717) is 26.1 Å². The zero-order chi connectivity index (χ0) is 13.7. The molecule has 1 heterocycles. The lowest BCUT2D eigenvalue weighted by Crippen LogP contribution is -2.31. The topological polar surface area (TPSA) is 61.8 Å².